The number of ether oxygens (including phenoxy) is 1. The zero-order chi connectivity index (χ0) is 15.4. The van der Waals surface area contributed by atoms with E-state index in [-0.39, 0.29) is 12.6 Å². The number of esters is 1. The van der Waals surface area contributed by atoms with Crippen LogP contribution >= 0.6 is 0 Å². The Morgan fingerprint density at radius 1 is 1.09 bits per heavy atom. The van der Waals surface area contributed by atoms with Crippen molar-refractivity contribution in [2.45, 2.75) is 13.5 Å². The highest BCUT2D eigenvalue weighted by molar-refractivity contribution is 5.97. The van der Waals surface area contributed by atoms with Crippen LogP contribution in [0.15, 0.2) is 65.2 Å². The molecule has 0 aliphatic rings. The minimum absolute atomic E-state index is 0.0965. The van der Waals surface area contributed by atoms with Gasteiger partial charge >= 0.3 is 5.97 Å². The van der Waals surface area contributed by atoms with Gasteiger partial charge < -0.3 is 9.26 Å². The average Bonchev–Trinajstić information content (AvgIpc) is 2.99. The fourth-order valence-electron chi connectivity index (χ4n) is 2.23. The maximum absolute atomic E-state index is 12.3. The predicted molar refractivity (Wildman–Crippen MR) is 82.2 cm³/mol. The zero-order valence-electron chi connectivity index (χ0n) is 12.2. The van der Waals surface area contributed by atoms with Gasteiger partial charge in [0.15, 0.2) is 0 Å². The van der Waals surface area contributed by atoms with Crippen molar-refractivity contribution in [3.05, 3.63) is 77.7 Å². The first-order valence-electron chi connectivity index (χ1n) is 6.98. The SMILES string of the molecule is Cc1cc(COC(=O)c2ccccc2-c2ccccc2)no1. The average molecular weight is 293 g/mol. The Hall–Kier alpha value is -2.88. The number of aryl methyl sites for hydroxylation is 1. The van der Waals surface area contributed by atoms with Gasteiger partial charge in [-0.1, -0.05) is 53.7 Å². The van der Waals surface area contributed by atoms with E-state index >= 15 is 0 Å². The number of rotatable bonds is 4. The summed E-state index contributed by atoms with van der Waals surface area (Å²) >= 11 is 0. The summed E-state index contributed by atoms with van der Waals surface area (Å²) < 4.78 is 10.3. The van der Waals surface area contributed by atoms with Gasteiger partial charge in [0.25, 0.3) is 0 Å². The summed E-state index contributed by atoms with van der Waals surface area (Å²) in [5, 5.41) is 3.81. The lowest BCUT2D eigenvalue weighted by atomic mass is 10.00. The molecule has 0 aliphatic heterocycles. The monoisotopic (exact) mass is 293 g/mol. The first-order chi connectivity index (χ1) is 10.7. The Bertz CT molecular complexity index is 778. The first kappa shape index (κ1) is 14.1. The molecular formula is C18H15NO3. The van der Waals surface area contributed by atoms with Crippen molar-refractivity contribution in [2.24, 2.45) is 0 Å². The highest BCUT2D eigenvalue weighted by Crippen LogP contribution is 2.24. The Labute approximate surface area is 128 Å². The molecule has 0 amide bonds. The van der Waals surface area contributed by atoms with Crippen molar-refractivity contribution < 1.29 is 14.1 Å². The Kier molecular flexibility index (Phi) is 4.01. The van der Waals surface area contributed by atoms with Gasteiger partial charge in [0.1, 0.15) is 18.1 Å². The molecule has 4 heteroatoms. The maximum Gasteiger partial charge on any atom is 0.339 e. The van der Waals surface area contributed by atoms with E-state index in [0.29, 0.717) is 17.0 Å². The van der Waals surface area contributed by atoms with Crippen LogP contribution in [0.5, 0.6) is 0 Å². The summed E-state index contributed by atoms with van der Waals surface area (Å²) in [4.78, 5) is 12.3. The van der Waals surface area contributed by atoms with Gasteiger partial charge in [-0.25, -0.2) is 4.79 Å². The van der Waals surface area contributed by atoms with Crippen molar-refractivity contribution in [2.75, 3.05) is 0 Å². The van der Waals surface area contributed by atoms with E-state index in [4.69, 9.17) is 9.26 Å². The van der Waals surface area contributed by atoms with Crippen molar-refractivity contribution in [1.29, 1.82) is 0 Å². The van der Waals surface area contributed by atoms with Crippen LogP contribution in [0, 0.1) is 6.92 Å². The van der Waals surface area contributed by atoms with Crippen LogP contribution in [0.25, 0.3) is 11.1 Å². The molecule has 0 radical (unpaired) electrons. The van der Waals surface area contributed by atoms with Crippen LogP contribution in [-0.2, 0) is 11.3 Å². The molecule has 0 spiro atoms. The quantitative estimate of drug-likeness (QED) is 0.682. The van der Waals surface area contributed by atoms with E-state index in [9.17, 15) is 4.79 Å². The van der Waals surface area contributed by atoms with E-state index in [1.54, 1.807) is 19.1 Å². The summed E-state index contributed by atoms with van der Waals surface area (Å²) in [6, 6.07) is 18.9. The largest absolute Gasteiger partial charge is 0.455 e. The molecule has 3 aromatic rings. The second kappa shape index (κ2) is 6.26. The van der Waals surface area contributed by atoms with Crippen molar-refractivity contribution in [1.82, 2.24) is 5.16 Å². The molecule has 22 heavy (non-hydrogen) atoms. The maximum atomic E-state index is 12.3. The highest BCUT2D eigenvalue weighted by Gasteiger charge is 2.14. The highest BCUT2D eigenvalue weighted by atomic mass is 16.5. The number of hydrogen-bond donors (Lipinski definition) is 0. The van der Waals surface area contributed by atoms with Gasteiger partial charge in [-0.15, -0.1) is 0 Å². The van der Waals surface area contributed by atoms with Gasteiger partial charge in [-0.05, 0) is 24.1 Å². The van der Waals surface area contributed by atoms with Gasteiger partial charge in [0, 0.05) is 6.07 Å². The smallest absolute Gasteiger partial charge is 0.339 e. The lowest BCUT2D eigenvalue weighted by molar-refractivity contribution is 0.0465. The molecule has 4 nitrogen and oxygen atoms in total. The third-order valence-electron chi connectivity index (χ3n) is 3.26. The van der Waals surface area contributed by atoms with Gasteiger partial charge in [0.2, 0.25) is 0 Å². The van der Waals surface area contributed by atoms with E-state index in [2.05, 4.69) is 5.16 Å². The van der Waals surface area contributed by atoms with Crippen molar-refractivity contribution >= 4 is 5.97 Å². The number of carbonyl (C=O) groups is 1. The molecule has 0 bridgehead atoms. The Balaban J connectivity index is 1.81. The fourth-order valence-corrected chi connectivity index (χ4v) is 2.23. The molecule has 110 valence electrons. The number of hydrogen-bond acceptors (Lipinski definition) is 4. The normalized spacial score (nSPS) is 10.4. The minimum atomic E-state index is -0.375. The van der Waals surface area contributed by atoms with Crippen LogP contribution in [0.4, 0.5) is 0 Å². The molecule has 0 N–H and O–H groups in total. The van der Waals surface area contributed by atoms with Crippen LogP contribution < -0.4 is 0 Å². The number of benzene rings is 2. The standard InChI is InChI=1S/C18H15NO3/c1-13-11-15(19-22-13)12-21-18(20)17-10-6-5-9-16(17)14-7-3-2-4-8-14/h2-11H,12H2,1H3. The zero-order valence-corrected chi connectivity index (χ0v) is 12.2. The second-order valence-electron chi connectivity index (χ2n) is 4.92. The second-order valence-corrected chi connectivity index (χ2v) is 4.92. The predicted octanol–water partition coefficient (Wildman–Crippen LogP) is 4.01. The van der Waals surface area contributed by atoms with Crippen LogP contribution in [0.3, 0.4) is 0 Å². The lowest BCUT2D eigenvalue weighted by Gasteiger charge is -2.09. The molecule has 0 saturated carbocycles. The van der Waals surface area contributed by atoms with Crippen LogP contribution in [0.2, 0.25) is 0 Å². The summed E-state index contributed by atoms with van der Waals surface area (Å²) in [7, 11) is 0. The van der Waals surface area contributed by atoms with Gasteiger partial charge in [-0.2, -0.15) is 0 Å². The third-order valence-corrected chi connectivity index (χ3v) is 3.26. The van der Waals surface area contributed by atoms with Crippen molar-refractivity contribution in [3.63, 3.8) is 0 Å². The molecule has 1 aromatic heterocycles. The van der Waals surface area contributed by atoms with E-state index in [1.165, 1.54) is 0 Å². The molecule has 0 atom stereocenters. The van der Waals surface area contributed by atoms with E-state index in [1.807, 2.05) is 48.5 Å². The summed E-state index contributed by atoms with van der Waals surface area (Å²) in [6.07, 6.45) is 0. The van der Waals surface area contributed by atoms with E-state index in [0.717, 1.165) is 11.1 Å². The molecule has 0 saturated heterocycles. The van der Waals surface area contributed by atoms with Gasteiger partial charge in [0.05, 0.1) is 5.56 Å². The van der Waals surface area contributed by atoms with Crippen molar-refractivity contribution in [3.8, 4) is 11.1 Å². The third kappa shape index (κ3) is 3.06. The molecular weight excluding hydrogens is 278 g/mol. The van der Waals surface area contributed by atoms with Gasteiger partial charge in [-0.3, -0.25) is 0 Å². The Morgan fingerprint density at radius 2 is 1.82 bits per heavy atom. The molecule has 0 aliphatic carbocycles. The first-order valence-corrected chi connectivity index (χ1v) is 6.98. The molecule has 1 heterocycles. The number of nitrogens with zero attached hydrogens (tertiary/aromatic N) is 1. The Morgan fingerprint density at radius 3 is 2.55 bits per heavy atom. The molecule has 0 fully saturated rings. The lowest BCUT2D eigenvalue weighted by Crippen LogP contribution is -2.07. The molecule has 3 rings (SSSR count). The summed E-state index contributed by atoms with van der Waals surface area (Å²) in [6.45, 7) is 1.89. The van der Waals surface area contributed by atoms with E-state index < -0.39 is 0 Å². The number of carbonyl (C=O) groups excluding carboxylic acids is 1. The van der Waals surface area contributed by atoms with Crippen LogP contribution in [-0.4, -0.2) is 11.1 Å². The number of aromatic nitrogens is 1. The fraction of sp³-hybridized carbons (Fsp3) is 0.111. The topological polar surface area (TPSA) is 52.3 Å². The minimum Gasteiger partial charge on any atom is -0.455 e. The summed E-state index contributed by atoms with van der Waals surface area (Å²) in [5.74, 6) is 0.316. The molecule has 0 unspecified atom stereocenters. The van der Waals surface area contributed by atoms with Crippen LogP contribution in [0.1, 0.15) is 21.8 Å². The summed E-state index contributed by atoms with van der Waals surface area (Å²) in [5.41, 5.74) is 2.97. The molecule has 2 aromatic carbocycles.